The van der Waals surface area contributed by atoms with Gasteiger partial charge < -0.3 is 10.2 Å². The normalized spacial score (nSPS) is 31.3. The van der Waals surface area contributed by atoms with E-state index in [-0.39, 0.29) is 33.4 Å². The number of hydrogen-bond donors (Lipinski definition) is 2. The Bertz CT molecular complexity index is 697. The van der Waals surface area contributed by atoms with E-state index in [0.717, 1.165) is 18.2 Å². The van der Waals surface area contributed by atoms with E-state index in [0.29, 0.717) is 0 Å². The predicted molar refractivity (Wildman–Crippen MR) is 82.7 cm³/mol. The molecule has 2 aliphatic heterocycles. The zero-order chi connectivity index (χ0) is 16.3. The van der Waals surface area contributed by atoms with Crippen LogP contribution in [-0.4, -0.2) is 33.3 Å². The Labute approximate surface area is 135 Å². The van der Waals surface area contributed by atoms with E-state index in [1.165, 1.54) is 4.90 Å². The molecule has 2 saturated heterocycles. The molecular formula is C12H11ClF3N2O2S2+. The highest BCUT2D eigenvalue weighted by Crippen LogP contribution is 2.39. The second kappa shape index (κ2) is 5.05. The monoisotopic (exact) mass is 371 g/mol. The summed E-state index contributed by atoms with van der Waals surface area (Å²) < 4.78 is 60.2. The lowest BCUT2D eigenvalue weighted by Gasteiger charge is -2.24. The number of halogens is 4. The van der Waals surface area contributed by atoms with Crippen LogP contribution in [0.25, 0.3) is 0 Å². The minimum absolute atomic E-state index is 0.0187. The average molecular weight is 372 g/mol. The number of rotatable bonds is 1. The molecule has 0 aromatic heterocycles. The summed E-state index contributed by atoms with van der Waals surface area (Å²) in [6, 6.07) is 2.11. The highest BCUT2D eigenvalue weighted by molar-refractivity contribution is 7.98. The zero-order valence-corrected chi connectivity index (χ0v) is 13.3. The summed E-state index contributed by atoms with van der Waals surface area (Å²) in [5.41, 5.74) is -0.750. The smallest absolute Gasteiger partial charge is 0.352 e. The maximum Gasteiger partial charge on any atom is 0.416 e. The van der Waals surface area contributed by atoms with Gasteiger partial charge in [-0.15, -0.1) is 0 Å². The molecule has 3 atom stereocenters. The van der Waals surface area contributed by atoms with Crippen LogP contribution in [0.3, 0.4) is 0 Å². The number of anilines is 1. The molecule has 1 aromatic carbocycles. The summed E-state index contributed by atoms with van der Waals surface area (Å²) in [5.74, 6) is -0.0394. The molecule has 10 heteroatoms. The molecule has 0 aliphatic carbocycles. The maximum absolute atomic E-state index is 12.9. The first-order chi connectivity index (χ1) is 10.1. The van der Waals surface area contributed by atoms with Crippen molar-refractivity contribution in [3.63, 3.8) is 0 Å². The van der Waals surface area contributed by atoms with Gasteiger partial charge in [-0.2, -0.15) is 17.7 Å². The van der Waals surface area contributed by atoms with Crippen LogP contribution in [0.15, 0.2) is 18.2 Å². The van der Waals surface area contributed by atoms with Gasteiger partial charge in [-0.1, -0.05) is 15.8 Å². The maximum atomic E-state index is 12.9. The average Bonchev–Trinajstić information content (AvgIpc) is 2.79. The number of thiocarbonyl (C=S) groups is 1. The van der Waals surface area contributed by atoms with E-state index in [4.69, 9.17) is 23.8 Å². The largest absolute Gasteiger partial charge is 0.416 e. The standard InChI is InChI=1S/C12H10ClF3N2O2S2/c13-7-2-1-6(12(14,15)16)3-9(7)18-10-5-22(19,20)4-8(10)17-11(18)21/h1-3,8,10H,4-5H2,(H-,17,19,20,21)/p+1/t8-,10-/m0/s1. The summed E-state index contributed by atoms with van der Waals surface area (Å²) in [7, 11) is -3.00. The van der Waals surface area contributed by atoms with Crippen LogP contribution in [0.5, 0.6) is 0 Å². The Balaban J connectivity index is 2.03. The third kappa shape index (κ3) is 2.70. The minimum Gasteiger partial charge on any atom is -0.352 e. The van der Waals surface area contributed by atoms with Gasteiger partial charge in [0.2, 0.25) is 10.2 Å². The first kappa shape index (κ1) is 16.0. The van der Waals surface area contributed by atoms with Crippen molar-refractivity contribution in [3.8, 4) is 0 Å². The summed E-state index contributed by atoms with van der Waals surface area (Å²) >= 11 is 11.2. The van der Waals surface area contributed by atoms with E-state index >= 15 is 0 Å². The molecule has 0 spiro atoms. The molecule has 0 saturated carbocycles. The highest BCUT2D eigenvalue weighted by atomic mass is 35.5. The Morgan fingerprint density at radius 1 is 1.41 bits per heavy atom. The van der Waals surface area contributed by atoms with Crippen LogP contribution >= 0.6 is 23.8 Å². The van der Waals surface area contributed by atoms with Crippen LogP contribution in [-0.2, 0) is 20.6 Å². The molecule has 4 nitrogen and oxygen atoms in total. The fourth-order valence-electron chi connectivity index (χ4n) is 2.78. The summed E-state index contributed by atoms with van der Waals surface area (Å²) in [4.78, 5) is 1.42. The lowest BCUT2D eigenvalue weighted by atomic mass is 10.1. The fourth-order valence-corrected chi connectivity index (χ4v) is 5.29. The number of nitrogens with zero attached hydrogens (tertiary/aromatic N) is 1. The van der Waals surface area contributed by atoms with Gasteiger partial charge in [-0.3, -0.25) is 0 Å². The minimum atomic E-state index is -4.51. The molecule has 22 heavy (non-hydrogen) atoms. The first-order valence-electron chi connectivity index (χ1n) is 6.27. The Kier molecular flexibility index (Phi) is 3.67. The summed E-state index contributed by atoms with van der Waals surface area (Å²) in [6.07, 6.45) is -4.51. The van der Waals surface area contributed by atoms with E-state index < -0.39 is 28.0 Å². The third-order valence-corrected chi connectivity index (χ3v) is 6.10. The van der Waals surface area contributed by atoms with Crippen LogP contribution in [0.2, 0.25) is 5.02 Å². The van der Waals surface area contributed by atoms with Gasteiger partial charge in [0.25, 0.3) is 0 Å². The van der Waals surface area contributed by atoms with Gasteiger partial charge in [0.1, 0.15) is 12.1 Å². The Hall–Kier alpha value is -0.900. The van der Waals surface area contributed by atoms with Gasteiger partial charge in [0, 0.05) is 0 Å². The SMILES string of the molecule is O=[S+]1(O)C[C@@H]2NC(=S)N(c3cc(C(F)(F)F)ccc3Cl)[C@H]2C1. The zero-order valence-electron chi connectivity index (χ0n) is 10.9. The Morgan fingerprint density at radius 3 is 2.73 bits per heavy atom. The van der Waals surface area contributed by atoms with E-state index in [1.807, 2.05) is 0 Å². The van der Waals surface area contributed by atoms with Crippen LogP contribution in [0, 0.1) is 0 Å². The molecule has 1 aromatic rings. The molecule has 2 N–H and O–H groups in total. The van der Waals surface area contributed by atoms with Crippen molar-refractivity contribution in [2.45, 2.75) is 18.3 Å². The van der Waals surface area contributed by atoms with Crippen molar-refractivity contribution in [1.82, 2.24) is 5.32 Å². The van der Waals surface area contributed by atoms with Crippen molar-refractivity contribution in [2.75, 3.05) is 16.4 Å². The molecule has 1 unspecified atom stereocenters. The number of benzene rings is 1. The number of hydrogen-bond acceptors (Lipinski definition) is 2. The van der Waals surface area contributed by atoms with Crippen molar-refractivity contribution < 1.29 is 21.9 Å². The van der Waals surface area contributed by atoms with Gasteiger partial charge in [0.15, 0.2) is 16.6 Å². The van der Waals surface area contributed by atoms with Crippen LogP contribution in [0.4, 0.5) is 18.9 Å². The second-order valence-corrected chi connectivity index (χ2v) is 8.27. The summed E-state index contributed by atoms with van der Waals surface area (Å²) in [5, 5.41) is 3.20. The van der Waals surface area contributed by atoms with E-state index in [2.05, 4.69) is 5.32 Å². The van der Waals surface area contributed by atoms with E-state index in [9.17, 15) is 21.9 Å². The van der Waals surface area contributed by atoms with Crippen molar-refractivity contribution in [2.24, 2.45) is 0 Å². The van der Waals surface area contributed by atoms with Crippen molar-refractivity contribution in [1.29, 1.82) is 0 Å². The third-order valence-electron chi connectivity index (χ3n) is 3.73. The van der Waals surface area contributed by atoms with Gasteiger partial charge in [-0.25, -0.2) is 0 Å². The molecule has 0 amide bonds. The highest BCUT2D eigenvalue weighted by Gasteiger charge is 2.54. The topological polar surface area (TPSA) is 52.6 Å². The van der Waals surface area contributed by atoms with Crippen LogP contribution < -0.4 is 10.2 Å². The van der Waals surface area contributed by atoms with Gasteiger partial charge in [0.05, 0.1) is 16.3 Å². The second-order valence-electron chi connectivity index (χ2n) is 5.26. The molecule has 3 rings (SSSR count). The quantitative estimate of drug-likeness (QED) is 0.587. The van der Waals surface area contributed by atoms with Crippen LogP contribution in [0.1, 0.15) is 5.56 Å². The molecule has 2 fully saturated rings. The molecule has 2 heterocycles. The van der Waals surface area contributed by atoms with Crippen molar-refractivity contribution >= 4 is 44.8 Å². The number of nitrogens with one attached hydrogen (secondary N) is 1. The van der Waals surface area contributed by atoms with Gasteiger partial charge >= 0.3 is 6.18 Å². The lowest BCUT2D eigenvalue weighted by molar-refractivity contribution is -0.137. The first-order valence-corrected chi connectivity index (χ1v) is 8.91. The molecular weight excluding hydrogens is 361 g/mol. The number of fused-ring (bicyclic) bond motifs is 1. The fraction of sp³-hybridized carbons (Fsp3) is 0.417. The summed E-state index contributed by atoms with van der Waals surface area (Å²) in [6.45, 7) is 0. The molecule has 120 valence electrons. The molecule has 0 bridgehead atoms. The number of alkyl halides is 3. The van der Waals surface area contributed by atoms with Gasteiger partial charge in [-0.05, 0) is 30.4 Å². The van der Waals surface area contributed by atoms with E-state index in [1.54, 1.807) is 0 Å². The van der Waals surface area contributed by atoms with Crippen molar-refractivity contribution in [3.05, 3.63) is 28.8 Å². The molecule has 0 radical (unpaired) electrons. The lowest BCUT2D eigenvalue weighted by Crippen LogP contribution is -2.37. The predicted octanol–water partition coefficient (Wildman–Crippen LogP) is 2.78. The Morgan fingerprint density at radius 2 is 2.09 bits per heavy atom. The molecule has 2 aliphatic rings.